The Kier molecular flexibility index (Phi) is 6.59. The first-order valence-corrected chi connectivity index (χ1v) is 8.45. The third kappa shape index (κ3) is 5.67. The molecule has 5 nitrogen and oxygen atoms in total. The van der Waals surface area contributed by atoms with Crippen molar-refractivity contribution in [2.45, 2.75) is 39.5 Å². The minimum Gasteiger partial charge on any atom is -0.351 e. The van der Waals surface area contributed by atoms with Crippen LogP contribution in [0.15, 0.2) is 18.2 Å². The third-order valence-electron chi connectivity index (χ3n) is 4.22. The van der Waals surface area contributed by atoms with E-state index in [9.17, 15) is 9.59 Å². The number of nitrogens with zero attached hydrogens (tertiary/aromatic N) is 1. The van der Waals surface area contributed by atoms with Crippen LogP contribution >= 0.6 is 0 Å². The summed E-state index contributed by atoms with van der Waals surface area (Å²) in [5.41, 5.74) is 2.22. The molecule has 1 aliphatic heterocycles. The van der Waals surface area contributed by atoms with Crippen LogP contribution in [0.25, 0.3) is 0 Å². The summed E-state index contributed by atoms with van der Waals surface area (Å²) in [6.45, 7) is 7.19. The quantitative estimate of drug-likeness (QED) is 0.877. The van der Waals surface area contributed by atoms with Crippen molar-refractivity contribution in [1.82, 2.24) is 10.2 Å². The Hall–Kier alpha value is -1.88. The van der Waals surface area contributed by atoms with E-state index in [2.05, 4.69) is 15.5 Å². The van der Waals surface area contributed by atoms with Crippen molar-refractivity contribution in [2.75, 3.05) is 31.5 Å². The van der Waals surface area contributed by atoms with Gasteiger partial charge >= 0.3 is 0 Å². The second-order valence-electron chi connectivity index (χ2n) is 6.22. The van der Waals surface area contributed by atoms with Gasteiger partial charge in [0.05, 0.1) is 0 Å². The number of benzene rings is 1. The molecular weight excluding hydrogens is 290 g/mol. The van der Waals surface area contributed by atoms with Gasteiger partial charge in [0, 0.05) is 31.3 Å². The highest BCUT2D eigenvalue weighted by Gasteiger charge is 2.11. The summed E-state index contributed by atoms with van der Waals surface area (Å²) in [5.74, 6) is -0.224. The summed E-state index contributed by atoms with van der Waals surface area (Å²) >= 11 is 0. The largest absolute Gasteiger partial charge is 0.351 e. The molecule has 2 N–H and O–H groups in total. The van der Waals surface area contributed by atoms with Gasteiger partial charge < -0.3 is 15.5 Å². The zero-order valence-corrected chi connectivity index (χ0v) is 14.2. The molecule has 0 spiro atoms. The second kappa shape index (κ2) is 8.67. The van der Waals surface area contributed by atoms with E-state index in [0.29, 0.717) is 17.8 Å². The van der Waals surface area contributed by atoms with Crippen molar-refractivity contribution in [1.29, 1.82) is 0 Å². The van der Waals surface area contributed by atoms with Crippen molar-refractivity contribution in [2.24, 2.45) is 0 Å². The van der Waals surface area contributed by atoms with Crippen LogP contribution in [-0.2, 0) is 4.79 Å². The van der Waals surface area contributed by atoms with Gasteiger partial charge in [-0.25, -0.2) is 0 Å². The fourth-order valence-electron chi connectivity index (χ4n) is 2.88. The molecule has 0 atom stereocenters. The Morgan fingerprint density at radius 1 is 1.13 bits per heavy atom. The molecule has 0 aromatic heterocycles. The van der Waals surface area contributed by atoms with E-state index in [-0.39, 0.29) is 11.8 Å². The van der Waals surface area contributed by atoms with E-state index in [4.69, 9.17) is 0 Å². The monoisotopic (exact) mass is 317 g/mol. The molecule has 1 aromatic carbocycles. The van der Waals surface area contributed by atoms with Gasteiger partial charge in [-0.1, -0.05) is 18.9 Å². The van der Waals surface area contributed by atoms with Gasteiger partial charge in [0.1, 0.15) is 0 Å². The summed E-state index contributed by atoms with van der Waals surface area (Å²) in [5, 5.41) is 5.73. The molecule has 0 radical (unpaired) electrons. The van der Waals surface area contributed by atoms with Crippen LogP contribution < -0.4 is 10.6 Å². The third-order valence-corrected chi connectivity index (χ3v) is 4.22. The fourth-order valence-corrected chi connectivity index (χ4v) is 2.88. The molecule has 1 aromatic rings. The van der Waals surface area contributed by atoms with E-state index < -0.39 is 0 Å². The number of carbonyl (C=O) groups excluding carboxylic acids is 2. The SMILES string of the molecule is CC(=O)Nc1cc(C(=O)NCCN2CCCCCC2)ccc1C. The lowest BCUT2D eigenvalue weighted by Crippen LogP contribution is -2.35. The minimum atomic E-state index is -0.133. The summed E-state index contributed by atoms with van der Waals surface area (Å²) < 4.78 is 0. The first kappa shape index (κ1) is 17.5. The highest BCUT2D eigenvalue weighted by molar-refractivity contribution is 5.97. The first-order chi connectivity index (χ1) is 11.1. The lowest BCUT2D eigenvalue weighted by atomic mass is 10.1. The molecule has 1 heterocycles. The summed E-state index contributed by atoms with van der Waals surface area (Å²) in [7, 11) is 0. The van der Waals surface area contributed by atoms with Crippen LogP contribution in [0.4, 0.5) is 5.69 Å². The predicted octanol–water partition coefficient (Wildman–Crippen LogP) is 2.56. The maximum atomic E-state index is 12.3. The Bertz CT molecular complexity index is 549. The van der Waals surface area contributed by atoms with E-state index in [1.165, 1.54) is 32.6 Å². The summed E-state index contributed by atoms with van der Waals surface area (Å²) in [4.78, 5) is 25.9. The molecule has 1 aliphatic rings. The Morgan fingerprint density at radius 3 is 2.48 bits per heavy atom. The number of rotatable bonds is 5. The molecule has 1 fully saturated rings. The molecule has 5 heteroatoms. The van der Waals surface area contributed by atoms with Crippen molar-refractivity contribution in [3.63, 3.8) is 0 Å². The lowest BCUT2D eigenvalue weighted by molar-refractivity contribution is -0.114. The van der Waals surface area contributed by atoms with Crippen molar-refractivity contribution >= 4 is 17.5 Å². The number of anilines is 1. The molecule has 1 saturated heterocycles. The maximum absolute atomic E-state index is 12.3. The van der Waals surface area contributed by atoms with Crippen LogP contribution in [0.5, 0.6) is 0 Å². The topological polar surface area (TPSA) is 61.4 Å². The molecule has 23 heavy (non-hydrogen) atoms. The number of nitrogens with one attached hydrogen (secondary N) is 2. The number of amides is 2. The molecule has 0 unspecified atom stereocenters. The van der Waals surface area contributed by atoms with Crippen molar-refractivity contribution in [3.8, 4) is 0 Å². The number of carbonyl (C=O) groups is 2. The van der Waals surface area contributed by atoms with Crippen LogP contribution in [-0.4, -0.2) is 42.9 Å². The second-order valence-corrected chi connectivity index (χ2v) is 6.22. The average Bonchev–Trinajstić information content (AvgIpc) is 2.77. The van der Waals surface area contributed by atoms with Crippen LogP contribution in [0.3, 0.4) is 0 Å². The number of hydrogen-bond donors (Lipinski definition) is 2. The van der Waals surface area contributed by atoms with Gasteiger partial charge in [-0.2, -0.15) is 0 Å². The average molecular weight is 317 g/mol. The molecule has 0 aliphatic carbocycles. The van der Waals surface area contributed by atoms with Crippen LogP contribution in [0, 0.1) is 6.92 Å². The molecule has 0 saturated carbocycles. The maximum Gasteiger partial charge on any atom is 0.251 e. The number of aryl methyl sites for hydroxylation is 1. The zero-order chi connectivity index (χ0) is 16.7. The normalized spacial score (nSPS) is 15.7. The lowest BCUT2D eigenvalue weighted by Gasteiger charge is -2.19. The molecule has 126 valence electrons. The molecular formula is C18H27N3O2. The zero-order valence-electron chi connectivity index (χ0n) is 14.2. The standard InChI is InChI=1S/C18H27N3O2/c1-14-7-8-16(13-17(14)20-15(2)22)18(23)19-9-12-21-10-5-3-4-6-11-21/h7-8,13H,3-6,9-12H2,1-2H3,(H,19,23)(H,20,22). The fraction of sp³-hybridized carbons (Fsp3) is 0.556. The van der Waals surface area contributed by atoms with Gasteiger partial charge in [-0.05, 0) is 50.6 Å². The summed E-state index contributed by atoms with van der Waals surface area (Å²) in [6, 6.07) is 5.38. The van der Waals surface area contributed by atoms with Crippen LogP contribution in [0.1, 0.15) is 48.5 Å². The minimum absolute atomic E-state index is 0.0913. The molecule has 2 amide bonds. The van der Waals surface area contributed by atoms with Crippen molar-refractivity contribution in [3.05, 3.63) is 29.3 Å². The Labute approximate surface area is 138 Å². The smallest absolute Gasteiger partial charge is 0.251 e. The van der Waals surface area contributed by atoms with E-state index in [0.717, 1.165) is 25.2 Å². The molecule has 2 rings (SSSR count). The highest BCUT2D eigenvalue weighted by atomic mass is 16.2. The number of likely N-dealkylation sites (tertiary alicyclic amines) is 1. The van der Waals surface area contributed by atoms with Gasteiger partial charge in [0.15, 0.2) is 0 Å². The predicted molar refractivity (Wildman–Crippen MR) is 92.7 cm³/mol. The molecule has 0 bridgehead atoms. The van der Waals surface area contributed by atoms with E-state index >= 15 is 0 Å². The first-order valence-electron chi connectivity index (χ1n) is 8.45. The highest BCUT2D eigenvalue weighted by Crippen LogP contribution is 2.17. The summed E-state index contributed by atoms with van der Waals surface area (Å²) in [6.07, 6.45) is 5.15. The van der Waals surface area contributed by atoms with Gasteiger partial charge in [0.2, 0.25) is 5.91 Å². The van der Waals surface area contributed by atoms with Gasteiger partial charge in [-0.15, -0.1) is 0 Å². The van der Waals surface area contributed by atoms with Gasteiger partial charge in [0.25, 0.3) is 5.91 Å². The van der Waals surface area contributed by atoms with Crippen molar-refractivity contribution < 1.29 is 9.59 Å². The van der Waals surface area contributed by atoms with E-state index in [1.54, 1.807) is 12.1 Å². The Balaban J connectivity index is 1.86. The van der Waals surface area contributed by atoms with Gasteiger partial charge in [-0.3, -0.25) is 9.59 Å². The van der Waals surface area contributed by atoms with E-state index in [1.807, 2.05) is 13.0 Å². The number of hydrogen-bond acceptors (Lipinski definition) is 3. The van der Waals surface area contributed by atoms with Crippen LogP contribution in [0.2, 0.25) is 0 Å². The Morgan fingerprint density at radius 2 is 1.83 bits per heavy atom.